The minimum atomic E-state index is -3.67. The van der Waals surface area contributed by atoms with Crippen molar-refractivity contribution in [2.75, 3.05) is 39.7 Å². The van der Waals surface area contributed by atoms with Crippen LogP contribution in [0.2, 0.25) is 0 Å². The molecule has 11 nitrogen and oxygen atoms in total. The number of fused-ring (bicyclic) bond motifs is 1. The molecule has 0 aliphatic carbocycles. The lowest BCUT2D eigenvalue weighted by Crippen LogP contribution is -2.48. The summed E-state index contributed by atoms with van der Waals surface area (Å²) in [6.07, 6.45) is 0. The summed E-state index contributed by atoms with van der Waals surface area (Å²) in [5.74, 6) is 0.213. The van der Waals surface area contributed by atoms with Crippen LogP contribution in [-0.2, 0) is 37.4 Å². The molecule has 13 heteroatoms. The lowest BCUT2D eigenvalue weighted by molar-refractivity contribution is -0.142. The number of halogens is 1. The van der Waals surface area contributed by atoms with E-state index in [0.717, 1.165) is 5.56 Å². The summed E-state index contributed by atoms with van der Waals surface area (Å²) >= 11 is 0. The molecule has 0 bridgehead atoms. The highest BCUT2D eigenvalue weighted by molar-refractivity contribution is 7.89. The second-order valence-corrected chi connectivity index (χ2v) is 11.9. The van der Waals surface area contributed by atoms with Crippen LogP contribution in [0.3, 0.4) is 0 Å². The second kappa shape index (κ2) is 13.4. The number of morpholine rings is 1. The van der Waals surface area contributed by atoms with Crippen molar-refractivity contribution >= 4 is 21.8 Å². The van der Waals surface area contributed by atoms with Crippen molar-refractivity contribution in [2.24, 2.45) is 0 Å². The lowest BCUT2D eigenvalue weighted by Gasteiger charge is -2.29. The molecule has 0 aromatic heterocycles. The number of rotatable bonds is 11. The highest BCUT2D eigenvalue weighted by Crippen LogP contribution is 2.32. The van der Waals surface area contributed by atoms with Crippen molar-refractivity contribution in [1.29, 1.82) is 0 Å². The van der Waals surface area contributed by atoms with Gasteiger partial charge in [0, 0.05) is 26.2 Å². The molecule has 43 heavy (non-hydrogen) atoms. The van der Waals surface area contributed by atoms with Gasteiger partial charge in [0.05, 0.1) is 18.1 Å². The zero-order chi connectivity index (χ0) is 30.4. The quantitative estimate of drug-likeness (QED) is 0.350. The molecule has 2 aliphatic heterocycles. The van der Waals surface area contributed by atoms with Crippen LogP contribution in [-0.4, -0.2) is 75.2 Å². The molecule has 1 fully saturated rings. The van der Waals surface area contributed by atoms with Crippen molar-refractivity contribution in [2.45, 2.75) is 31.0 Å². The number of carbonyl (C=O) groups is 2. The Morgan fingerprint density at radius 3 is 2.37 bits per heavy atom. The van der Waals surface area contributed by atoms with Gasteiger partial charge in [0.1, 0.15) is 17.6 Å². The lowest BCUT2D eigenvalue weighted by atomic mass is 10.1. The first kappa shape index (κ1) is 30.3. The molecule has 0 spiro atoms. The molecular weight excluding hydrogens is 581 g/mol. The van der Waals surface area contributed by atoms with Crippen molar-refractivity contribution in [3.63, 3.8) is 0 Å². The molecule has 0 radical (unpaired) electrons. The number of benzene rings is 3. The van der Waals surface area contributed by atoms with Crippen LogP contribution in [0.4, 0.5) is 4.39 Å². The first-order valence-electron chi connectivity index (χ1n) is 13.7. The third-order valence-electron chi connectivity index (χ3n) is 7.13. The number of nitrogens with zero attached hydrogens (tertiary/aromatic N) is 2. The summed E-state index contributed by atoms with van der Waals surface area (Å²) in [5, 5.41) is 2.84. The SMILES string of the molecule is C[C@H](C(=O)NCc1ccc2c(c1)OCO2)N(Cc1ccc(F)cc1)C(=O)COc1ccc(S(=O)(=O)N2CCOCC2)cc1. The van der Waals surface area contributed by atoms with Crippen LogP contribution < -0.4 is 19.5 Å². The van der Waals surface area contributed by atoms with E-state index >= 15 is 0 Å². The van der Waals surface area contributed by atoms with Gasteiger partial charge in [-0.05, 0) is 66.6 Å². The minimum Gasteiger partial charge on any atom is -0.484 e. The molecule has 2 amide bonds. The van der Waals surface area contributed by atoms with E-state index in [1.807, 2.05) is 6.07 Å². The van der Waals surface area contributed by atoms with Gasteiger partial charge in [-0.3, -0.25) is 9.59 Å². The number of sulfonamides is 1. The summed E-state index contributed by atoms with van der Waals surface area (Å²) < 4.78 is 62.2. The normalized spacial score (nSPS) is 15.5. The van der Waals surface area contributed by atoms with Crippen LogP contribution in [0.25, 0.3) is 0 Å². The van der Waals surface area contributed by atoms with Crippen LogP contribution in [0.15, 0.2) is 71.6 Å². The van der Waals surface area contributed by atoms with Crippen LogP contribution in [0, 0.1) is 5.82 Å². The van der Waals surface area contributed by atoms with Gasteiger partial charge >= 0.3 is 0 Å². The molecule has 228 valence electrons. The smallest absolute Gasteiger partial charge is 0.261 e. The van der Waals surface area contributed by atoms with Gasteiger partial charge in [-0.1, -0.05) is 18.2 Å². The third kappa shape index (κ3) is 7.42. The number of hydrogen-bond acceptors (Lipinski definition) is 8. The van der Waals surface area contributed by atoms with Crippen LogP contribution >= 0.6 is 0 Å². The molecule has 2 aliphatic rings. The summed E-state index contributed by atoms with van der Waals surface area (Å²) in [6.45, 7) is 2.81. The van der Waals surface area contributed by atoms with Gasteiger partial charge in [0.2, 0.25) is 22.7 Å². The average molecular weight is 614 g/mol. The topological polar surface area (TPSA) is 124 Å². The Kier molecular flexibility index (Phi) is 9.43. The Labute approximate surface area is 249 Å². The van der Waals surface area contributed by atoms with E-state index in [9.17, 15) is 22.4 Å². The first-order chi connectivity index (χ1) is 20.7. The Bertz CT molecular complexity index is 1540. The molecular formula is C30H32FN3O8S. The predicted octanol–water partition coefficient (Wildman–Crippen LogP) is 2.69. The van der Waals surface area contributed by atoms with Gasteiger partial charge < -0.3 is 29.2 Å². The van der Waals surface area contributed by atoms with E-state index < -0.39 is 40.3 Å². The molecule has 3 aromatic rings. The first-order valence-corrected chi connectivity index (χ1v) is 15.2. The maximum absolute atomic E-state index is 13.5. The van der Waals surface area contributed by atoms with Crippen molar-refractivity contribution < 1.29 is 41.3 Å². The Morgan fingerprint density at radius 1 is 0.977 bits per heavy atom. The fourth-order valence-electron chi connectivity index (χ4n) is 4.63. The monoisotopic (exact) mass is 613 g/mol. The zero-order valence-electron chi connectivity index (χ0n) is 23.5. The predicted molar refractivity (Wildman–Crippen MR) is 152 cm³/mol. The largest absolute Gasteiger partial charge is 0.484 e. The minimum absolute atomic E-state index is 0.0395. The zero-order valence-corrected chi connectivity index (χ0v) is 24.3. The van der Waals surface area contributed by atoms with Crippen molar-refractivity contribution in [3.8, 4) is 17.2 Å². The summed E-state index contributed by atoms with van der Waals surface area (Å²) in [5.41, 5.74) is 1.42. The van der Waals surface area contributed by atoms with E-state index in [0.29, 0.717) is 30.3 Å². The summed E-state index contributed by atoms with van der Waals surface area (Å²) in [6, 6.07) is 15.9. The van der Waals surface area contributed by atoms with E-state index in [1.165, 1.54) is 45.6 Å². The molecule has 0 saturated carbocycles. The van der Waals surface area contributed by atoms with Crippen LogP contribution in [0.5, 0.6) is 17.2 Å². The van der Waals surface area contributed by atoms with E-state index in [4.69, 9.17) is 18.9 Å². The maximum atomic E-state index is 13.5. The van der Waals surface area contributed by atoms with Crippen molar-refractivity contribution in [3.05, 3.63) is 83.7 Å². The molecule has 0 unspecified atom stereocenters. The Hall–Kier alpha value is -4.20. The molecule has 1 saturated heterocycles. The van der Waals surface area contributed by atoms with Gasteiger partial charge in [-0.15, -0.1) is 0 Å². The number of carbonyl (C=O) groups excluding carboxylic acids is 2. The molecule has 5 rings (SSSR count). The maximum Gasteiger partial charge on any atom is 0.261 e. The summed E-state index contributed by atoms with van der Waals surface area (Å²) in [7, 11) is -3.67. The third-order valence-corrected chi connectivity index (χ3v) is 9.04. The Balaban J connectivity index is 1.23. The van der Waals surface area contributed by atoms with E-state index in [1.54, 1.807) is 31.2 Å². The van der Waals surface area contributed by atoms with E-state index in [-0.39, 0.29) is 43.6 Å². The Morgan fingerprint density at radius 2 is 1.65 bits per heavy atom. The highest BCUT2D eigenvalue weighted by atomic mass is 32.2. The molecule has 1 atom stereocenters. The number of nitrogens with one attached hydrogen (secondary N) is 1. The molecule has 1 N–H and O–H groups in total. The molecule has 3 aromatic carbocycles. The average Bonchev–Trinajstić information content (AvgIpc) is 3.50. The van der Waals surface area contributed by atoms with Crippen LogP contribution in [0.1, 0.15) is 18.1 Å². The van der Waals surface area contributed by atoms with E-state index in [2.05, 4.69) is 5.32 Å². The summed E-state index contributed by atoms with van der Waals surface area (Å²) in [4.78, 5) is 28.0. The van der Waals surface area contributed by atoms with Gasteiger partial charge in [-0.2, -0.15) is 4.31 Å². The number of amides is 2. The van der Waals surface area contributed by atoms with Crippen molar-refractivity contribution in [1.82, 2.24) is 14.5 Å². The molecule has 2 heterocycles. The van der Waals surface area contributed by atoms with Gasteiger partial charge in [0.15, 0.2) is 18.1 Å². The van der Waals surface area contributed by atoms with Gasteiger partial charge in [-0.25, -0.2) is 12.8 Å². The standard InChI is InChI=1S/C30H32FN3O8S/c1-21(30(36)32-17-23-4-11-27-28(16-23)42-20-41-27)34(18-22-2-5-24(31)6-3-22)29(35)19-40-25-7-9-26(10-8-25)43(37,38)33-12-14-39-15-13-33/h2-11,16,21H,12-15,17-20H2,1H3,(H,32,36)/t21-/m1/s1. The number of hydrogen-bond donors (Lipinski definition) is 1. The fraction of sp³-hybridized carbons (Fsp3) is 0.333. The fourth-order valence-corrected chi connectivity index (χ4v) is 6.04. The van der Waals surface area contributed by atoms with Gasteiger partial charge in [0.25, 0.3) is 5.91 Å². The number of ether oxygens (including phenoxy) is 4. The second-order valence-electron chi connectivity index (χ2n) is 10.0. The highest BCUT2D eigenvalue weighted by Gasteiger charge is 2.28.